The summed E-state index contributed by atoms with van der Waals surface area (Å²) in [6.45, 7) is 0.475. The Bertz CT molecular complexity index is 797. The van der Waals surface area contributed by atoms with Crippen LogP contribution >= 0.6 is 11.6 Å². The molecule has 0 aliphatic carbocycles. The fraction of sp³-hybridized carbons (Fsp3) is 0.0625. The van der Waals surface area contributed by atoms with Gasteiger partial charge in [-0.2, -0.15) is 5.10 Å². The van der Waals surface area contributed by atoms with Crippen molar-refractivity contribution in [2.75, 3.05) is 5.73 Å². The van der Waals surface area contributed by atoms with Crippen molar-refractivity contribution < 1.29 is 0 Å². The molecule has 0 saturated carbocycles. The molecule has 6 heteroatoms. The second-order valence-corrected chi connectivity index (χ2v) is 5.26. The van der Waals surface area contributed by atoms with Crippen LogP contribution in [-0.4, -0.2) is 9.78 Å². The van der Waals surface area contributed by atoms with Crippen LogP contribution in [-0.2, 0) is 6.54 Å². The van der Waals surface area contributed by atoms with Crippen LogP contribution in [0.25, 0.3) is 11.3 Å². The van der Waals surface area contributed by atoms with Crippen LogP contribution in [0.3, 0.4) is 0 Å². The number of nitroso groups, excluding NO2 is 1. The summed E-state index contributed by atoms with van der Waals surface area (Å²) in [6.07, 6.45) is 0. The minimum absolute atomic E-state index is 0.151. The molecule has 0 unspecified atom stereocenters. The Hall–Kier alpha value is -2.66. The number of rotatable bonds is 4. The summed E-state index contributed by atoms with van der Waals surface area (Å²) in [4.78, 5) is 11.1. The van der Waals surface area contributed by atoms with Gasteiger partial charge in [-0.05, 0) is 22.9 Å². The standard InChI is InChI=1S/C16H13ClN4O/c17-13-8-6-12(7-9-13)14-15(20-22)16(18)21(19-14)10-11-4-2-1-3-5-11/h1-9H,10,18H2. The van der Waals surface area contributed by atoms with E-state index in [4.69, 9.17) is 17.3 Å². The first-order valence-electron chi connectivity index (χ1n) is 6.68. The van der Waals surface area contributed by atoms with Crippen molar-refractivity contribution >= 4 is 23.1 Å². The fourth-order valence-corrected chi connectivity index (χ4v) is 2.36. The summed E-state index contributed by atoms with van der Waals surface area (Å²) >= 11 is 5.88. The smallest absolute Gasteiger partial charge is 0.177 e. The van der Waals surface area contributed by atoms with E-state index in [9.17, 15) is 4.91 Å². The van der Waals surface area contributed by atoms with Gasteiger partial charge in [-0.25, -0.2) is 4.68 Å². The lowest BCUT2D eigenvalue weighted by molar-refractivity contribution is 0.700. The number of aromatic nitrogens is 2. The average Bonchev–Trinajstić information content (AvgIpc) is 2.85. The van der Waals surface area contributed by atoms with Crippen LogP contribution in [0, 0.1) is 4.91 Å². The zero-order chi connectivity index (χ0) is 15.5. The first-order valence-corrected chi connectivity index (χ1v) is 7.06. The molecular formula is C16H13ClN4O. The number of halogens is 1. The van der Waals surface area contributed by atoms with Crippen molar-refractivity contribution in [2.45, 2.75) is 6.54 Å². The molecule has 0 aliphatic rings. The van der Waals surface area contributed by atoms with E-state index in [1.54, 1.807) is 28.9 Å². The number of nitrogens with zero attached hydrogens (tertiary/aromatic N) is 3. The third kappa shape index (κ3) is 2.71. The predicted molar refractivity (Wildman–Crippen MR) is 88.1 cm³/mol. The summed E-state index contributed by atoms with van der Waals surface area (Å²) in [5, 5.41) is 8.08. The molecule has 0 aliphatic heterocycles. The molecule has 1 heterocycles. The Kier molecular flexibility index (Phi) is 3.89. The molecule has 5 nitrogen and oxygen atoms in total. The highest BCUT2D eigenvalue weighted by Crippen LogP contribution is 2.35. The largest absolute Gasteiger partial charge is 0.382 e. The molecule has 2 aromatic carbocycles. The summed E-state index contributed by atoms with van der Waals surface area (Å²) in [5.41, 5.74) is 8.41. The number of nitrogen functional groups attached to an aromatic ring is 1. The quantitative estimate of drug-likeness (QED) is 0.732. The Morgan fingerprint density at radius 2 is 1.77 bits per heavy atom. The number of anilines is 1. The second kappa shape index (κ2) is 5.99. The van der Waals surface area contributed by atoms with E-state index in [-0.39, 0.29) is 11.5 Å². The normalized spacial score (nSPS) is 10.6. The Morgan fingerprint density at radius 3 is 2.41 bits per heavy atom. The minimum Gasteiger partial charge on any atom is -0.382 e. The van der Waals surface area contributed by atoms with Gasteiger partial charge in [0.1, 0.15) is 5.69 Å². The van der Waals surface area contributed by atoms with Crippen LogP contribution in [0.5, 0.6) is 0 Å². The molecule has 1 aromatic heterocycles. The molecule has 0 bridgehead atoms. The Balaban J connectivity index is 2.03. The maximum atomic E-state index is 11.1. The van der Waals surface area contributed by atoms with Gasteiger partial charge in [-0.1, -0.05) is 54.1 Å². The number of benzene rings is 2. The SMILES string of the molecule is Nc1c(N=O)c(-c2ccc(Cl)cc2)nn1Cc1ccccc1. The summed E-state index contributed by atoms with van der Waals surface area (Å²) in [7, 11) is 0. The lowest BCUT2D eigenvalue weighted by atomic mass is 10.1. The highest BCUT2D eigenvalue weighted by Gasteiger charge is 2.18. The molecular weight excluding hydrogens is 300 g/mol. The molecule has 0 saturated heterocycles. The van der Waals surface area contributed by atoms with Gasteiger partial charge in [-0.3, -0.25) is 0 Å². The average molecular weight is 313 g/mol. The van der Waals surface area contributed by atoms with E-state index in [0.717, 1.165) is 11.1 Å². The van der Waals surface area contributed by atoms with E-state index >= 15 is 0 Å². The van der Waals surface area contributed by atoms with Crippen molar-refractivity contribution in [3.05, 3.63) is 70.1 Å². The maximum absolute atomic E-state index is 11.1. The van der Waals surface area contributed by atoms with Crippen molar-refractivity contribution in [1.82, 2.24) is 9.78 Å². The molecule has 3 aromatic rings. The molecule has 0 amide bonds. The first-order chi connectivity index (χ1) is 10.7. The van der Waals surface area contributed by atoms with Gasteiger partial charge in [0.15, 0.2) is 11.5 Å². The molecule has 3 rings (SSSR count). The molecule has 0 fully saturated rings. The van der Waals surface area contributed by atoms with E-state index in [1.807, 2.05) is 30.3 Å². The van der Waals surface area contributed by atoms with Gasteiger partial charge < -0.3 is 5.73 Å². The predicted octanol–water partition coefficient (Wildman–Crippen LogP) is 4.23. The van der Waals surface area contributed by atoms with E-state index < -0.39 is 0 Å². The highest BCUT2D eigenvalue weighted by atomic mass is 35.5. The maximum Gasteiger partial charge on any atom is 0.177 e. The van der Waals surface area contributed by atoms with Gasteiger partial charge in [0.05, 0.1) is 6.54 Å². The molecule has 110 valence electrons. The zero-order valence-corrected chi connectivity index (χ0v) is 12.4. The molecule has 0 radical (unpaired) electrons. The number of hydrogen-bond donors (Lipinski definition) is 1. The molecule has 0 atom stereocenters. The highest BCUT2D eigenvalue weighted by molar-refractivity contribution is 6.30. The Labute approximate surface area is 132 Å². The molecule has 22 heavy (non-hydrogen) atoms. The topological polar surface area (TPSA) is 73.3 Å². The summed E-state index contributed by atoms with van der Waals surface area (Å²) < 4.78 is 1.58. The third-order valence-corrected chi connectivity index (χ3v) is 3.60. The van der Waals surface area contributed by atoms with Gasteiger partial charge in [0.2, 0.25) is 0 Å². The number of nitrogens with two attached hydrogens (primary N) is 1. The lowest BCUT2D eigenvalue weighted by Gasteiger charge is -2.03. The third-order valence-electron chi connectivity index (χ3n) is 3.35. The second-order valence-electron chi connectivity index (χ2n) is 4.82. The van der Waals surface area contributed by atoms with Crippen molar-refractivity contribution in [3.63, 3.8) is 0 Å². The van der Waals surface area contributed by atoms with Crippen LogP contribution in [0.1, 0.15) is 5.56 Å². The fourth-order valence-electron chi connectivity index (χ4n) is 2.23. The van der Waals surface area contributed by atoms with E-state index in [0.29, 0.717) is 17.3 Å². The van der Waals surface area contributed by atoms with Crippen LogP contribution < -0.4 is 5.73 Å². The lowest BCUT2D eigenvalue weighted by Crippen LogP contribution is -2.05. The van der Waals surface area contributed by atoms with Gasteiger partial charge in [0.25, 0.3) is 0 Å². The number of hydrogen-bond acceptors (Lipinski definition) is 4. The van der Waals surface area contributed by atoms with Crippen LogP contribution in [0.2, 0.25) is 5.02 Å². The van der Waals surface area contributed by atoms with Gasteiger partial charge in [-0.15, -0.1) is 4.91 Å². The van der Waals surface area contributed by atoms with Crippen LogP contribution in [0.15, 0.2) is 59.8 Å². The van der Waals surface area contributed by atoms with E-state index in [1.165, 1.54) is 0 Å². The molecule has 0 spiro atoms. The van der Waals surface area contributed by atoms with E-state index in [2.05, 4.69) is 10.3 Å². The molecule has 2 N–H and O–H groups in total. The summed E-state index contributed by atoms with van der Waals surface area (Å²) in [5.74, 6) is 0.254. The van der Waals surface area contributed by atoms with Crippen LogP contribution in [0.4, 0.5) is 11.5 Å². The first kappa shape index (κ1) is 14.3. The van der Waals surface area contributed by atoms with Gasteiger partial charge in [0, 0.05) is 10.6 Å². The zero-order valence-electron chi connectivity index (χ0n) is 11.6. The van der Waals surface area contributed by atoms with Crippen molar-refractivity contribution in [1.29, 1.82) is 0 Å². The monoisotopic (exact) mass is 312 g/mol. The van der Waals surface area contributed by atoms with Crippen molar-refractivity contribution in [3.8, 4) is 11.3 Å². The van der Waals surface area contributed by atoms with Crippen molar-refractivity contribution in [2.24, 2.45) is 5.18 Å². The minimum atomic E-state index is 0.151. The Morgan fingerprint density at radius 1 is 1.09 bits per heavy atom. The van der Waals surface area contributed by atoms with Gasteiger partial charge >= 0.3 is 0 Å². The summed E-state index contributed by atoms with van der Waals surface area (Å²) in [6, 6.07) is 16.8.